The molecule has 0 aromatic heterocycles. The maximum atomic E-state index is 11.7. The first-order valence-corrected chi connectivity index (χ1v) is 9.81. The number of carbonyl (C=O) groups excluding carboxylic acids is 1. The smallest absolute Gasteiger partial charge is 0.327 e. The third kappa shape index (κ3) is 5.92. The predicted molar refractivity (Wildman–Crippen MR) is 107 cm³/mol. The zero-order chi connectivity index (χ0) is 18.3. The van der Waals surface area contributed by atoms with Gasteiger partial charge in [-0.15, -0.1) is 11.8 Å². The number of anilines is 1. The summed E-state index contributed by atoms with van der Waals surface area (Å²) < 4.78 is 5.02. The van der Waals surface area contributed by atoms with E-state index in [2.05, 4.69) is 43.2 Å². The van der Waals surface area contributed by atoms with Crippen molar-refractivity contribution < 1.29 is 9.53 Å². The fourth-order valence-corrected chi connectivity index (χ4v) is 3.82. The highest BCUT2D eigenvalue weighted by Crippen LogP contribution is 2.41. The Kier molecular flexibility index (Phi) is 7.12. The molecule has 2 rings (SSSR count). The van der Waals surface area contributed by atoms with Crippen molar-refractivity contribution in [2.75, 3.05) is 24.2 Å². The molecule has 0 heterocycles. The molecule has 0 aliphatic heterocycles. The maximum absolute atomic E-state index is 11.7. The number of thioether (sulfide) groups is 1. The number of carbonyl (C=O) groups is 1. The number of benzene rings is 1. The molecule has 5 heteroatoms. The molecular formula is C20H28N2O2S. The van der Waals surface area contributed by atoms with Crippen LogP contribution in [-0.2, 0) is 9.53 Å². The lowest BCUT2D eigenvalue weighted by atomic mass is 9.78. The highest BCUT2D eigenvalue weighted by atomic mass is 32.2. The molecule has 4 nitrogen and oxygen atoms in total. The van der Waals surface area contributed by atoms with Gasteiger partial charge in [0.05, 0.1) is 12.3 Å². The van der Waals surface area contributed by atoms with Crippen molar-refractivity contribution in [3.8, 4) is 0 Å². The van der Waals surface area contributed by atoms with Gasteiger partial charge in [-0.05, 0) is 43.1 Å². The summed E-state index contributed by atoms with van der Waals surface area (Å²) >= 11 is 1.79. The summed E-state index contributed by atoms with van der Waals surface area (Å²) in [4.78, 5) is 17.5. The van der Waals surface area contributed by atoms with Gasteiger partial charge in [-0.25, -0.2) is 0 Å². The number of esters is 1. The van der Waals surface area contributed by atoms with E-state index in [1.54, 1.807) is 11.8 Å². The van der Waals surface area contributed by atoms with Gasteiger partial charge >= 0.3 is 5.97 Å². The number of nitrogens with one attached hydrogen (secondary N) is 1. The first-order valence-electron chi connectivity index (χ1n) is 8.82. The number of aliphatic imine (C=N–C) groups is 1. The van der Waals surface area contributed by atoms with Crippen LogP contribution in [0, 0.1) is 5.41 Å². The topological polar surface area (TPSA) is 50.7 Å². The molecule has 1 aromatic carbocycles. The second kappa shape index (κ2) is 9.09. The number of hydrogen-bond acceptors (Lipinski definition) is 5. The zero-order valence-electron chi connectivity index (χ0n) is 15.6. The highest BCUT2D eigenvalue weighted by Gasteiger charge is 2.31. The summed E-state index contributed by atoms with van der Waals surface area (Å²) in [5, 5.41) is 3.58. The number of nitrogens with zero attached hydrogens (tertiary/aromatic N) is 1. The molecule has 0 spiro atoms. The largest absolute Gasteiger partial charge is 0.465 e. The summed E-state index contributed by atoms with van der Waals surface area (Å²) in [7, 11) is 0. The van der Waals surface area contributed by atoms with E-state index in [0.29, 0.717) is 6.61 Å². The molecule has 25 heavy (non-hydrogen) atoms. The molecule has 0 bridgehead atoms. The minimum Gasteiger partial charge on any atom is -0.465 e. The van der Waals surface area contributed by atoms with E-state index < -0.39 is 0 Å². The highest BCUT2D eigenvalue weighted by molar-refractivity contribution is 8.04. The lowest BCUT2D eigenvalue weighted by Crippen LogP contribution is -2.28. The monoisotopic (exact) mass is 360 g/mol. The van der Waals surface area contributed by atoms with Gasteiger partial charge in [0.2, 0.25) is 0 Å². The zero-order valence-corrected chi connectivity index (χ0v) is 16.4. The van der Waals surface area contributed by atoms with Crippen molar-refractivity contribution in [3.05, 3.63) is 40.9 Å². The minimum atomic E-state index is -0.267. The van der Waals surface area contributed by atoms with E-state index in [4.69, 9.17) is 4.74 Å². The first kappa shape index (κ1) is 19.6. The van der Waals surface area contributed by atoms with E-state index in [-0.39, 0.29) is 17.9 Å². The molecule has 0 amide bonds. The molecule has 0 radical (unpaired) electrons. The molecular weight excluding hydrogens is 332 g/mol. The predicted octanol–water partition coefficient (Wildman–Crippen LogP) is 4.89. The molecule has 0 saturated carbocycles. The lowest BCUT2D eigenvalue weighted by molar-refractivity contribution is -0.141. The van der Waals surface area contributed by atoms with Crippen LogP contribution in [0.25, 0.3) is 0 Å². The van der Waals surface area contributed by atoms with Crippen molar-refractivity contribution in [1.29, 1.82) is 0 Å². The van der Waals surface area contributed by atoms with Crippen LogP contribution in [0.1, 0.15) is 40.5 Å². The molecule has 0 fully saturated rings. The minimum absolute atomic E-state index is 0.0889. The number of allylic oxidation sites excluding steroid dienone is 2. The van der Waals surface area contributed by atoms with Crippen molar-refractivity contribution in [2.45, 2.75) is 40.5 Å². The second-order valence-electron chi connectivity index (χ2n) is 6.82. The van der Waals surface area contributed by atoms with Crippen molar-refractivity contribution in [2.24, 2.45) is 10.4 Å². The van der Waals surface area contributed by atoms with Gasteiger partial charge in [-0.2, -0.15) is 0 Å². The Labute approximate surface area is 155 Å². The Morgan fingerprint density at radius 3 is 2.60 bits per heavy atom. The first-order chi connectivity index (χ1) is 11.9. The van der Waals surface area contributed by atoms with Gasteiger partial charge in [-0.1, -0.05) is 39.0 Å². The molecule has 1 aliphatic carbocycles. The van der Waals surface area contributed by atoms with Crippen LogP contribution in [-0.4, -0.2) is 30.6 Å². The summed E-state index contributed by atoms with van der Waals surface area (Å²) in [6, 6.07) is 10.2. The normalized spacial score (nSPS) is 18.3. The Morgan fingerprint density at radius 2 is 1.96 bits per heavy atom. The van der Waals surface area contributed by atoms with Crippen LogP contribution in [0.15, 0.2) is 45.9 Å². The summed E-state index contributed by atoms with van der Waals surface area (Å²) in [6.45, 7) is 8.92. The average molecular weight is 361 g/mol. The van der Waals surface area contributed by atoms with Crippen LogP contribution in [0.4, 0.5) is 5.69 Å². The van der Waals surface area contributed by atoms with Gasteiger partial charge in [0.25, 0.3) is 0 Å². The maximum Gasteiger partial charge on any atom is 0.327 e. The Balaban J connectivity index is 2.33. The third-order valence-corrected chi connectivity index (χ3v) is 4.96. The summed E-state index contributed by atoms with van der Waals surface area (Å²) in [5.74, 6) is 0.700. The van der Waals surface area contributed by atoms with Gasteiger partial charge < -0.3 is 10.1 Å². The van der Waals surface area contributed by atoms with E-state index in [1.807, 2.05) is 25.1 Å². The van der Waals surface area contributed by atoms with E-state index in [9.17, 15) is 4.79 Å². The fourth-order valence-electron chi connectivity index (χ4n) is 2.93. The molecule has 1 aromatic rings. The SMILES string of the molecule is CCOC(=O)CN=C1CC(C)(C)CC(Nc2ccccc2)=C1SCC. The van der Waals surface area contributed by atoms with Crippen molar-refractivity contribution >= 4 is 29.1 Å². The fraction of sp³-hybridized carbons (Fsp3) is 0.500. The quantitative estimate of drug-likeness (QED) is 0.704. The molecule has 0 unspecified atom stereocenters. The van der Waals surface area contributed by atoms with Gasteiger partial charge in [0.1, 0.15) is 6.54 Å². The molecule has 1 N–H and O–H groups in total. The number of hydrogen-bond donors (Lipinski definition) is 1. The molecule has 136 valence electrons. The standard InChI is InChI=1S/C20H28N2O2S/c1-5-24-18(23)14-21-16-12-20(3,4)13-17(19(16)25-6-2)22-15-10-8-7-9-11-15/h7-11,22H,5-6,12-14H2,1-4H3. The Morgan fingerprint density at radius 1 is 1.24 bits per heavy atom. The molecule has 0 atom stereocenters. The van der Waals surface area contributed by atoms with Crippen LogP contribution >= 0.6 is 11.8 Å². The number of para-hydroxylation sites is 1. The molecule has 1 aliphatic rings. The lowest BCUT2D eigenvalue weighted by Gasteiger charge is -2.34. The number of rotatable bonds is 7. The summed E-state index contributed by atoms with van der Waals surface area (Å²) in [6.07, 6.45) is 1.83. The Hall–Kier alpha value is -1.75. The summed E-state index contributed by atoms with van der Waals surface area (Å²) in [5.41, 5.74) is 3.38. The average Bonchev–Trinajstić information content (AvgIpc) is 2.56. The second-order valence-corrected chi connectivity index (χ2v) is 8.09. The third-order valence-electron chi connectivity index (χ3n) is 3.90. The van der Waals surface area contributed by atoms with E-state index in [0.717, 1.165) is 30.0 Å². The molecule has 0 saturated heterocycles. The van der Waals surface area contributed by atoms with Crippen LogP contribution in [0.3, 0.4) is 0 Å². The van der Waals surface area contributed by atoms with Gasteiger partial charge in [0.15, 0.2) is 0 Å². The van der Waals surface area contributed by atoms with Crippen molar-refractivity contribution in [1.82, 2.24) is 0 Å². The Bertz CT molecular complexity index is 651. The van der Waals surface area contributed by atoms with Crippen LogP contribution in [0.5, 0.6) is 0 Å². The van der Waals surface area contributed by atoms with Gasteiger partial charge in [-0.3, -0.25) is 9.79 Å². The van der Waals surface area contributed by atoms with E-state index >= 15 is 0 Å². The van der Waals surface area contributed by atoms with Crippen LogP contribution < -0.4 is 5.32 Å². The van der Waals surface area contributed by atoms with Crippen LogP contribution in [0.2, 0.25) is 0 Å². The van der Waals surface area contributed by atoms with Gasteiger partial charge in [0, 0.05) is 16.3 Å². The number of ether oxygens (including phenoxy) is 1. The van der Waals surface area contributed by atoms with Crippen molar-refractivity contribution in [3.63, 3.8) is 0 Å². The van der Waals surface area contributed by atoms with E-state index in [1.165, 1.54) is 10.6 Å².